The summed E-state index contributed by atoms with van der Waals surface area (Å²) in [6.45, 7) is 0.0631. The van der Waals surface area contributed by atoms with Crippen molar-refractivity contribution in [3.63, 3.8) is 0 Å². The van der Waals surface area contributed by atoms with Crippen LogP contribution in [-0.4, -0.2) is 44.3 Å². The monoisotopic (exact) mass is 500 g/mol. The Hall–Kier alpha value is -1.72. The first-order valence-corrected chi connectivity index (χ1v) is 8.38. The average molecular weight is 500 g/mol. The highest BCUT2D eigenvalue weighted by Gasteiger charge is 2.26. The number of alkyl halides is 3. The van der Waals surface area contributed by atoms with E-state index in [-0.39, 0.29) is 49.0 Å². The summed E-state index contributed by atoms with van der Waals surface area (Å²) in [5.41, 5.74) is 0.851. The molecule has 0 atom stereocenters. The molecule has 0 aliphatic heterocycles. The number of amides is 1. The van der Waals surface area contributed by atoms with Crippen LogP contribution < -0.4 is 20.7 Å². The first-order chi connectivity index (χ1) is 12.4. The lowest BCUT2D eigenvalue weighted by atomic mass is 10.2. The molecule has 0 heterocycles. The highest BCUT2D eigenvalue weighted by Crippen LogP contribution is 2.19. The summed E-state index contributed by atoms with van der Waals surface area (Å²) < 4.78 is 42.0. The Morgan fingerprint density at radius 3 is 2.67 bits per heavy atom. The largest absolute Gasteiger partial charge is 0.484 e. The molecule has 0 radical (unpaired) electrons. The Bertz CT molecular complexity index is 637. The van der Waals surface area contributed by atoms with Gasteiger partial charge in [0.1, 0.15) is 5.75 Å². The van der Waals surface area contributed by atoms with E-state index in [9.17, 15) is 18.0 Å². The lowest BCUT2D eigenvalue weighted by molar-refractivity contribution is -0.132. The SMILES string of the molecule is CN=C(NCCC(F)(F)F)NCc1cccc(OCC(=O)NC2CC2)c1.I. The number of benzene rings is 1. The Balaban J connectivity index is 0.00000364. The van der Waals surface area contributed by atoms with Crippen LogP contribution in [0.5, 0.6) is 5.75 Å². The lowest BCUT2D eigenvalue weighted by Gasteiger charge is -2.13. The maximum atomic E-state index is 12.2. The molecule has 1 fully saturated rings. The summed E-state index contributed by atoms with van der Waals surface area (Å²) in [6, 6.07) is 7.42. The highest BCUT2D eigenvalue weighted by atomic mass is 127. The van der Waals surface area contributed by atoms with E-state index >= 15 is 0 Å². The van der Waals surface area contributed by atoms with Gasteiger partial charge in [-0.15, -0.1) is 24.0 Å². The van der Waals surface area contributed by atoms with Crippen molar-refractivity contribution >= 4 is 35.8 Å². The zero-order valence-corrected chi connectivity index (χ0v) is 17.3. The molecule has 10 heteroatoms. The molecule has 1 saturated carbocycles. The van der Waals surface area contributed by atoms with Crippen LogP contribution in [0.3, 0.4) is 0 Å². The number of nitrogens with zero attached hydrogens (tertiary/aromatic N) is 1. The number of ether oxygens (including phenoxy) is 1. The van der Waals surface area contributed by atoms with Crippen molar-refractivity contribution in [1.29, 1.82) is 0 Å². The average Bonchev–Trinajstić information content (AvgIpc) is 3.39. The summed E-state index contributed by atoms with van der Waals surface area (Å²) in [5, 5.41) is 8.38. The van der Waals surface area contributed by atoms with Crippen molar-refractivity contribution in [2.75, 3.05) is 20.2 Å². The van der Waals surface area contributed by atoms with E-state index in [2.05, 4.69) is 20.9 Å². The summed E-state index contributed by atoms with van der Waals surface area (Å²) >= 11 is 0. The molecule has 27 heavy (non-hydrogen) atoms. The molecule has 1 amide bonds. The number of carbonyl (C=O) groups is 1. The Kier molecular flexibility index (Phi) is 9.67. The van der Waals surface area contributed by atoms with Crippen molar-refractivity contribution in [3.05, 3.63) is 29.8 Å². The number of carbonyl (C=O) groups excluding carboxylic acids is 1. The first-order valence-electron chi connectivity index (χ1n) is 8.38. The van der Waals surface area contributed by atoms with Crippen molar-refractivity contribution < 1.29 is 22.7 Å². The molecule has 152 valence electrons. The molecule has 0 aromatic heterocycles. The van der Waals surface area contributed by atoms with Crippen LogP contribution in [0.15, 0.2) is 29.3 Å². The van der Waals surface area contributed by atoms with Crippen LogP contribution in [0.2, 0.25) is 0 Å². The molecule has 0 unspecified atom stereocenters. The van der Waals surface area contributed by atoms with Gasteiger partial charge >= 0.3 is 6.18 Å². The molecule has 0 spiro atoms. The number of rotatable bonds is 8. The van der Waals surface area contributed by atoms with Crippen LogP contribution >= 0.6 is 24.0 Å². The van der Waals surface area contributed by atoms with Gasteiger partial charge in [-0.3, -0.25) is 9.79 Å². The summed E-state index contributed by atoms with van der Waals surface area (Å²) in [7, 11) is 1.49. The van der Waals surface area contributed by atoms with E-state index in [1.807, 2.05) is 6.07 Å². The summed E-state index contributed by atoms with van der Waals surface area (Å²) in [5.74, 6) is 0.685. The highest BCUT2D eigenvalue weighted by molar-refractivity contribution is 14.0. The van der Waals surface area contributed by atoms with E-state index in [0.717, 1.165) is 18.4 Å². The second kappa shape index (κ2) is 11.2. The minimum absolute atomic E-state index is 0. The Morgan fingerprint density at radius 1 is 1.30 bits per heavy atom. The van der Waals surface area contributed by atoms with Crippen molar-refractivity contribution in [1.82, 2.24) is 16.0 Å². The summed E-state index contributed by atoms with van der Waals surface area (Å²) in [4.78, 5) is 15.5. The summed E-state index contributed by atoms with van der Waals surface area (Å²) in [6.07, 6.45) is -3.10. The van der Waals surface area contributed by atoms with Crippen LogP contribution in [0.25, 0.3) is 0 Å². The third-order valence-corrected chi connectivity index (χ3v) is 3.60. The first kappa shape index (κ1) is 23.3. The van der Waals surface area contributed by atoms with E-state index < -0.39 is 12.6 Å². The fraction of sp³-hybridized carbons (Fsp3) is 0.529. The number of guanidine groups is 1. The maximum Gasteiger partial charge on any atom is 0.390 e. The van der Waals surface area contributed by atoms with Crippen molar-refractivity contribution in [3.8, 4) is 5.75 Å². The van der Waals surface area contributed by atoms with E-state index in [1.165, 1.54) is 7.05 Å². The molecule has 0 saturated heterocycles. The quantitative estimate of drug-likeness (QED) is 0.292. The van der Waals surface area contributed by atoms with Crippen LogP contribution in [-0.2, 0) is 11.3 Å². The van der Waals surface area contributed by atoms with Gasteiger partial charge in [-0.2, -0.15) is 13.2 Å². The number of halogens is 4. The van der Waals surface area contributed by atoms with Gasteiger partial charge in [-0.1, -0.05) is 12.1 Å². The predicted octanol–water partition coefficient (Wildman–Crippen LogP) is 2.58. The van der Waals surface area contributed by atoms with E-state index in [1.54, 1.807) is 18.2 Å². The second-order valence-corrected chi connectivity index (χ2v) is 6.00. The Labute approximate surface area is 173 Å². The Morgan fingerprint density at radius 2 is 2.04 bits per heavy atom. The van der Waals surface area contributed by atoms with Gasteiger partial charge in [0.15, 0.2) is 12.6 Å². The second-order valence-electron chi connectivity index (χ2n) is 6.00. The third kappa shape index (κ3) is 10.3. The van der Waals surface area contributed by atoms with E-state index in [0.29, 0.717) is 18.3 Å². The van der Waals surface area contributed by atoms with Crippen molar-refractivity contribution in [2.45, 2.75) is 38.0 Å². The van der Waals surface area contributed by atoms with Crippen molar-refractivity contribution in [2.24, 2.45) is 4.99 Å². The van der Waals surface area contributed by atoms with Gasteiger partial charge < -0.3 is 20.7 Å². The fourth-order valence-electron chi connectivity index (χ4n) is 2.12. The zero-order valence-electron chi connectivity index (χ0n) is 14.9. The van der Waals surface area contributed by atoms with E-state index in [4.69, 9.17) is 4.74 Å². The smallest absolute Gasteiger partial charge is 0.390 e. The molecule has 1 aliphatic carbocycles. The molecular weight excluding hydrogens is 476 g/mol. The maximum absolute atomic E-state index is 12.2. The fourth-order valence-corrected chi connectivity index (χ4v) is 2.12. The predicted molar refractivity (Wildman–Crippen MR) is 107 cm³/mol. The number of hydrogen-bond donors (Lipinski definition) is 3. The van der Waals surface area contributed by atoms with Crippen LogP contribution in [0, 0.1) is 0 Å². The minimum Gasteiger partial charge on any atom is -0.484 e. The molecule has 6 nitrogen and oxygen atoms in total. The molecule has 1 aromatic carbocycles. The van der Waals surface area contributed by atoms with Crippen LogP contribution in [0.1, 0.15) is 24.8 Å². The van der Waals surface area contributed by atoms with Gasteiger partial charge in [0.05, 0.1) is 6.42 Å². The third-order valence-electron chi connectivity index (χ3n) is 3.60. The van der Waals surface area contributed by atoms with Gasteiger partial charge in [0, 0.05) is 26.2 Å². The lowest BCUT2D eigenvalue weighted by Crippen LogP contribution is -2.38. The molecule has 2 rings (SSSR count). The van der Waals surface area contributed by atoms with Gasteiger partial charge in [0.25, 0.3) is 5.91 Å². The van der Waals surface area contributed by atoms with Gasteiger partial charge in [-0.25, -0.2) is 0 Å². The van der Waals surface area contributed by atoms with Gasteiger partial charge in [0.2, 0.25) is 0 Å². The number of nitrogens with one attached hydrogen (secondary N) is 3. The topological polar surface area (TPSA) is 74.8 Å². The molecule has 1 aliphatic rings. The number of aliphatic imine (C=N–C) groups is 1. The minimum atomic E-state index is -4.21. The van der Waals surface area contributed by atoms with Gasteiger partial charge in [-0.05, 0) is 30.5 Å². The zero-order chi connectivity index (χ0) is 19.0. The molecule has 0 bridgehead atoms. The standard InChI is InChI=1S/C17H23F3N4O2.HI/c1-21-16(22-8-7-17(18,19)20)23-10-12-3-2-4-14(9-12)26-11-15(25)24-13-5-6-13;/h2-4,9,13H,5-8,10-11H2,1H3,(H,24,25)(H2,21,22,23);1H. The normalized spacial score (nSPS) is 14.1. The molecule has 3 N–H and O–H groups in total. The number of hydrogen-bond acceptors (Lipinski definition) is 3. The van der Waals surface area contributed by atoms with Crippen LogP contribution in [0.4, 0.5) is 13.2 Å². The molecular formula is C17H24F3IN4O2. The molecule has 1 aromatic rings.